The van der Waals surface area contributed by atoms with E-state index in [4.69, 9.17) is 16.3 Å². The average Bonchev–Trinajstić information content (AvgIpc) is 2.72. The van der Waals surface area contributed by atoms with Crippen LogP contribution in [0.1, 0.15) is 17.2 Å². The van der Waals surface area contributed by atoms with Crippen LogP contribution < -0.4 is 4.74 Å². The van der Waals surface area contributed by atoms with E-state index >= 15 is 0 Å². The molecule has 128 valence electrons. The first kappa shape index (κ1) is 17.2. The lowest BCUT2D eigenvalue weighted by Gasteiger charge is -2.31. The lowest BCUT2D eigenvalue weighted by molar-refractivity contribution is 0.185. The molecule has 0 N–H and O–H groups in total. The zero-order valence-electron chi connectivity index (χ0n) is 14.0. The molecular formula is C19H22ClFN2O. The Morgan fingerprint density at radius 2 is 1.96 bits per heavy atom. The summed E-state index contributed by atoms with van der Waals surface area (Å²) >= 11 is 6.04. The standard InChI is InChI=1S/C19H22ClFN2O/c1-22(2)9-10-23-11-12-24-18-8-7-16(21)13-17(18)19(23)14-3-5-15(20)6-4-14/h3-8,13,19H,9-12H2,1-2H3. The molecule has 0 saturated carbocycles. The van der Waals surface area contributed by atoms with Crippen molar-refractivity contribution in [3.05, 3.63) is 64.4 Å². The number of hydrogen-bond donors (Lipinski definition) is 0. The van der Waals surface area contributed by atoms with Crippen LogP contribution in [0.5, 0.6) is 5.75 Å². The number of hydrogen-bond acceptors (Lipinski definition) is 3. The van der Waals surface area contributed by atoms with Gasteiger partial charge in [0.05, 0.1) is 6.04 Å². The molecule has 1 aliphatic heterocycles. The Bertz CT molecular complexity index is 690. The third-order valence-electron chi connectivity index (χ3n) is 4.29. The van der Waals surface area contributed by atoms with E-state index in [0.29, 0.717) is 11.6 Å². The highest BCUT2D eigenvalue weighted by atomic mass is 35.5. The summed E-state index contributed by atoms with van der Waals surface area (Å²) in [6.45, 7) is 3.18. The van der Waals surface area contributed by atoms with Crippen LogP contribution in [0.2, 0.25) is 5.02 Å². The SMILES string of the molecule is CN(C)CCN1CCOc2ccc(F)cc2C1c1ccc(Cl)cc1. The second-order valence-corrected chi connectivity index (χ2v) is 6.76. The molecule has 1 unspecified atom stereocenters. The first-order valence-corrected chi connectivity index (χ1v) is 8.49. The zero-order valence-corrected chi connectivity index (χ0v) is 14.8. The average molecular weight is 349 g/mol. The van der Waals surface area contributed by atoms with Gasteiger partial charge in [0.15, 0.2) is 0 Å². The molecule has 0 amide bonds. The number of likely N-dealkylation sites (N-methyl/N-ethyl adjacent to an activating group) is 1. The molecule has 24 heavy (non-hydrogen) atoms. The molecule has 0 bridgehead atoms. The Labute approximate surface area is 147 Å². The van der Waals surface area contributed by atoms with Crippen molar-refractivity contribution in [3.63, 3.8) is 0 Å². The van der Waals surface area contributed by atoms with Crippen LogP contribution in [0.4, 0.5) is 4.39 Å². The Morgan fingerprint density at radius 3 is 2.67 bits per heavy atom. The van der Waals surface area contributed by atoms with Crippen molar-refractivity contribution in [2.75, 3.05) is 40.3 Å². The molecule has 5 heteroatoms. The molecule has 0 radical (unpaired) electrons. The van der Waals surface area contributed by atoms with Gasteiger partial charge in [-0.3, -0.25) is 4.90 Å². The monoisotopic (exact) mass is 348 g/mol. The summed E-state index contributed by atoms with van der Waals surface area (Å²) < 4.78 is 19.8. The van der Waals surface area contributed by atoms with Gasteiger partial charge in [0.2, 0.25) is 0 Å². The number of fused-ring (bicyclic) bond motifs is 1. The Balaban J connectivity index is 2.03. The molecule has 1 aliphatic rings. The van der Waals surface area contributed by atoms with E-state index in [-0.39, 0.29) is 11.9 Å². The third kappa shape index (κ3) is 3.89. The van der Waals surface area contributed by atoms with Gasteiger partial charge in [-0.2, -0.15) is 0 Å². The Morgan fingerprint density at radius 1 is 1.21 bits per heavy atom. The normalized spacial score (nSPS) is 18.1. The summed E-state index contributed by atoms with van der Waals surface area (Å²) in [5, 5.41) is 0.697. The second kappa shape index (κ2) is 7.51. The van der Waals surface area contributed by atoms with Crippen molar-refractivity contribution in [2.45, 2.75) is 6.04 Å². The highest BCUT2D eigenvalue weighted by Gasteiger charge is 2.28. The van der Waals surface area contributed by atoms with Gasteiger partial charge in [0.25, 0.3) is 0 Å². The molecule has 0 spiro atoms. The summed E-state index contributed by atoms with van der Waals surface area (Å²) in [6.07, 6.45) is 0. The number of nitrogens with zero attached hydrogens (tertiary/aromatic N) is 2. The Kier molecular flexibility index (Phi) is 5.39. The highest BCUT2D eigenvalue weighted by Crippen LogP contribution is 2.37. The van der Waals surface area contributed by atoms with Gasteiger partial charge in [-0.15, -0.1) is 0 Å². The first-order valence-electron chi connectivity index (χ1n) is 8.11. The molecule has 2 aromatic rings. The van der Waals surface area contributed by atoms with Crippen LogP contribution in [0, 0.1) is 5.82 Å². The maximum Gasteiger partial charge on any atom is 0.124 e. The molecule has 0 aliphatic carbocycles. The van der Waals surface area contributed by atoms with Gasteiger partial charge in [-0.1, -0.05) is 23.7 Å². The Hall–Kier alpha value is -1.62. The van der Waals surface area contributed by atoms with Gasteiger partial charge in [0, 0.05) is 30.2 Å². The fourth-order valence-electron chi connectivity index (χ4n) is 3.07. The van der Waals surface area contributed by atoms with E-state index in [1.807, 2.05) is 24.3 Å². The van der Waals surface area contributed by atoms with Gasteiger partial charge in [0.1, 0.15) is 18.2 Å². The van der Waals surface area contributed by atoms with Crippen molar-refractivity contribution in [3.8, 4) is 5.75 Å². The molecule has 0 aromatic heterocycles. The van der Waals surface area contributed by atoms with E-state index in [2.05, 4.69) is 23.9 Å². The molecule has 3 rings (SSSR count). The molecule has 3 nitrogen and oxygen atoms in total. The minimum absolute atomic E-state index is 0.0459. The zero-order chi connectivity index (χ0) is 17.1. The van der Waals surface area contributed by atoms with E-state index in [1.165, 1.54) is 6.07 Å². The summed E-state index contributed by atoms with van der Waals surface area (Å²) in [4.78, 5) is 4.49. The van der Waals surface area contributed by atoms with Crippen LogP contribution in [0.15, 0.2) is 42.5 Å². The molecule has 0 fully saturated rings. The van der Waals surface area contributed by atoms with Crippen molar-refractivity contribution < 1.29 is 9.13 Å². The molecule has 0 saturated heterocycles. The smallest absolute Gasteiger partial charge is 0.124 e. The maximum absolute atomic E-state index is 13.9. The van der Waals surface area contributed by atoms with Crippen LogP contribution >= 0.6 is 11.6 Å². The van der Waals surface area contributed by atoms with E-state index in [9.17, 15) is 4.39 Å². The lowest BCUT2D eigenvalue weighted by atomic mass is 9.96. The summed E-state index contributed by atoms with van der Waals surface area (Å²) in [5.74, 6) is 0.509. The minimum Gasteiger partial charge on any atom is -0.492 e. The first-order chi connectivity index (χ1) is 11.5. The third-order valence-corrected chi connectivity index (χ3v) is 4.54. The quantitative estimate of drug-likeness (QED) is 0.835. The van der Waals surface area contributed by atoms with Crippen molar-refractivity contribution in [1.29, 1.82) is 0 Å². The predicted octanol–water partition coefficient (Wildman–Crippen LogP) is 3.82. The maximum atomic E-state index is 13.9. The molecule has 1 atom stereocenters. The van der Waals surface area contributed by atoms with Gasteiger partial charge in [-0.05, 0) is 50.0 Å². The summed E-state index contributed by atoms with van der Waals surface area (Å²) in [7, 11) is 4.11. The summed E-state index contributed by atoms with van der Waals surface area (Å²) in [6, 6.07) is 12.5. The minimum atomic E-state index is -0.245. The largest absolute Gasteiger partial charge is 0.492 e. The van der Waals surface area contributed by atoms with E-state index in [1.54, 1.807) is 12.1 Å². The second-order valence-electron chi connectivity index (χ2n) is 6.32. The number of rotatable bonds is 4. The van der Waals surface area contributed by atoms with E-state index in [0.717, 1.165) is 36.5 Å². The van der Waals surface area contributed by atoms with Crippen molar-refractivity contribution in [2.24, 2.45) is 0 Å². The fourth-order valence-corrected chi connectivity index (χ4v) is 3.19. The fraction of sp³-hybridized carbons (Fsp3) is 0.368. The van der Waals surface area contributed by atoms with Gasteiger partial charge in [-0.25, -0.2) is 4.39 Å². The highest BCUT2D eigenvalue weighted by molar-refractivity contribution is 6.30. The van der Waals surface area contributed by atoms with Gasteiger partial charge >= 0.3 is 0 Å². The van der Waals surface area contributed by atoms with Crippen molar-refractivity contribution >= 4 is 11.6 Å². The van der Waals surface area contributed by atoms with E-state index < -0.39 is 0 Å². The summed E-state index contributed by atoms with van der Waals surface area (Å²) in [5.41, 5.74) is 1.96. The number of benzene rings is 2. The van der Waals surface area contributed by atoms with Gasteiger partial charge < -0.3 is 9.64 Å². The molecule has 1 heterocycles. The van der Waals surface area contributed by atoms with Crippen LogP contribution in [0.25, 0.3) is 0 Å². The van der Waals surface area contributed by atoms with Crippen molar-refractivity contribution in [1.82, 2.24) is 9.80 Å². The molecule has 2 aromatic carbocycles. The van der Waals surface area contributed by atoms with Crippen LogP contribution in [-0.4, -0.2) is 50.1 Å². The topological polar surface area (TPSA) is 15.7 Å². The molecular weight excluding hydrogens is 327 g/mol. The number of halogens is 2. The van der Waals surface area contributed by atoms with Crippen LogP contribution in [0.3, 0.4) is 0 Å². The van der Waals surface area contributed by atoms with Crippen LogP contribution in [-0.2, 0) is 0 Å². The lowest BCUT2D eigenvalue weighted by Crippen LogP contribution is -2.36. The predicted molar refractivity (Wildman–Crippen MR) is 95.3 cm³/mol. The number of ether oxygens (including phenoxy) is 1.